The molecule has 0 aromatic heterocycles. The van der Waals surface area contributed by atoms with E-state index < -0.39 is 9.84 Å². The highest BCUT2D eigenvalue weighted by molar-refractivity contribution is 7.90. The summed E-state index contributed by atoms with van der Waals surface area (Å²) in [5.41, 5.74) is 1.15. The molecule has 22 heavy (non-hydrogen) atoms. The molecular weight excluding hydrogens is 298 g/mol. The van der Waals surface area contributed by atoms with Crippen molar-refractivity contribution < 1.29 is 13.5 Å². The fraction of sp³-hybridized carbons (Fsp3) is 0.647. The van der Waals surface area contributed by atoms with E-state index in [2.05, 4.69) is 11.9 Å². The third-order valence-corrected chi connectivity index (χ3v) is 6.50. The Morgan fingerprint density at radius 3 is 2.14 bits per heavy atom. The Hall–Kier alpha value is -0.910. The maximum absolute atomic E-state index is 11.5. The van der Waals surface area contributed by atoms with E-state index in [0.29, 0.717) is 22.8 Å². The van der Waals surface area contributed by atoms with Gasteiger partial charge in [-0.1, -0.05) is 12.1 Å². The highest BCUT2D eigenvalue weighted by Crippen LogP contribution is 2.45. The molecule has 4 atom stereocenters. The first-order valence-corrected chi connectivity index (χ1v) is 9.89. The van der Waals surface area contributed by atoms with Gasteiger partial charge in [0, 0.05) is 18.8 Å². The molecule has 2 aliphatic carbocycles. The molecule has 1 aromatic rings. The van der Waals surface area contributed by atoms with Gasteiger partial charge < -0.3 is 5.11 Å². The van der Waals surface area contributed by atoms with Crippen molar-refractivity contribution in [3.8, 4) is 0 Å². The fourth-order valence-electron chi connectivity index (χ4n) is 4.17. The molecule has 4 nitrogen and oxygen atoms in total. The summed E-state index contributed by atoms with van der Waals surface area (Å²) in [6.45, 7) is 0.844. The molecular formula is C17H25NO3S. The van der Waals surface area contributed by atoms with Crippen molar-refractivity contribution >= 4 is 9.84 Å². The molecule has 0 spiro atoms. The van der Waals surface area contributed by atoms with Crippen molar-refractivity contribution in [3.63, 3.8) is 0 Å². The summed E-state index contributed by atoms with van der Waals surface area (Å²) in [6.07, 6.45) is 5.46. The first-order chi connectivity index (χ1) is 10.3. The Morgan fingerprint density at radius 2 is 1.64 bits per heavy atom. The molecule has 0 aliphatic heterocycles. The lowest BCUT2D eigenvalue weighted by Crippen LogP contribution is -2.29. The smallest absolute Gasteiger partial charge is 0.175 e. The number of fused-ring (bicyclic) bond motifs is 1. The zero-order chi connectivity index (χ0) is 15.9. The van der Waals surface area contributed by atoms with Gasteiger partial charge in [-0.25, -0.2) is 8.42 Å². The van der Waals surface area contributed by atoms with Crippen LogP contribution in [0.25, 0.3) is 0 Å². The average Bonchev–Trinajstić information content (AvgIpc) is 2.95. The van der Waals surface area contributed by atoms with E-state index in [1.165, 1.54) is 19.1 Å². The normalized spacial score (nSPS) is 31.6. The lowest BCUT2D eigenvalue weighted by atomic mass is 10.0. The van der Waals surface area contributed by atoms with Crippen LogP contribution in [0.15, 0.2) is 29.2 Å². The molecule has 2 saturated carbocycles. The van der Waals surface area contributed by atoms with Gasteiger partial charge in [-0.2, -0.15) is 0 Å². The highest BCUT2D eigenvalue weighted by atomic mass is 32.2. The summed E-state index contributed by atoms with van der Waals surface area (Å²) in [7, 11) is -0.971. The molecule has 0 saturated heterocycles. The Kier molecular flexibility index (Phi) is 4.32. The van der Waals surface area contributed by atoms with Crippen LogP contribution in [-0.2, 0) is 16.4 Å². The third kappa shape index (κ3) is 3.36. The van der Waals surface area contributed by atoms with E-state index in [0.717, 1.165) is 24.9 Å². The molecule has 3 rings (SSSR count). The van der Waals surface area contributed by atoms with Crippen LogP contribution in [-0.4, -0.2) is 43.9 Å². The van der Waals surface area contributed by atoms with Crippen molar-refractivity contribution in [1.29, 1.82) is 0 Å². The van der Waals surface area contributed by atoms with Gasteiger partial charge in [0.15, 0.2) is 9.84 Å². The number of hydrogen-bond acceptors (Lipinski definition) is 4. The van der Waals surface area contributed by atoms with Crippen LogP contribution in [0.1, 0.15) is 31.2 Å². The first-order valence-electron chi connectivity index (χ1n) is 8.00. The summed E-state index contributed by atoms with van der Waals surface area (Å²) < 4.78 is 23.0. The standard InChI is InChI=1S/C17H25NO3S/c1-18(15-7-13-9-16(19)10-14(13)8-15)11-12-3-5-17(6-4-12)22(2,20)21/h3-6,13-16,19H,7-11H2,1-2H3/t13-,14+,15?,16?. The van der Waals surface area contributed by atoms with Crippen LogP contribution in [0.4, 0.5) is 0 Å². The van der Waals surface area contributed by atoms with Gasteiger partial charge in [0.2, 0.25) is 0 Å². The van der Waals surface area contributed by atoms with Crippen molar-refractivity contribution in [2.24, 2.45) is 11.8 Å². The predicted octanol–water partition coefficient (Wildman–Crippen LogP) is 2.07. The Bertz CT molecular complexity index is 612. The molecule has 2 unspecified atom stereocenters. The van der Waals surface area contributed by atoms with Crippen LogP contribution in [0.3, 0.4) is 0 Å². The van der Waals surface area contributed by atoms with Gasteiger partial charge in [-0.15, -0.1) is 0 Å². The minimum Gasteiger partial charge on any atom is -0.393 e. The lowest BCUT2D eigenvalue weighted by molar-refractivity contribution is 0.158. The summed E-state index contributed by atoms with van der Waals surface area (Å²) >= 11 is 0. The quantitative estimate of drug-likeness (QED) is 0.921. The first kappa shape index (κ1) is 16.0. The van der Waals surface area contributed by atoms with E-state index in [-0.39, 0.29) is 6.10 Å². The van der Waals surface area contributed by atoms with Crippen molar-refractivity contribution in [2.75, 3.05) is 13.3 Å². The Morgan fingerprint density at radius 1 is 1.09 bits per heavy atom. The van der Waals surface area contributed by atoms with Gasteiger partial charge in [-0.05, 0) is 62.3 Å². The van der Waals surface area contributed by atoms with Gasteiger partial charge in [0.05, 0.1) is 11.0 Å². The molecule has 0 radical (unpaired) electrons. The number of nitrogens with zero attached hydrogens (tertiary/aromatic N) is 1. The predicted molar refractivity (Wildman–Crippen MR) is 86.3 cm³/mol. The Balaban J connectivity index is 1.60. The molecule has 0 bridgehead atoms. The number of aliphatic hydroxyl groups is 1. The maximum Gasteiger partial charge on any atom is 0.175 e. The van der Waals surface area contributed by atoms with Crippen LogP contribution in [0, 0.1) is 11.8 Å². The molecule has 0 amide bonds. The minimum atomic E-state index is -3.12. The number of rotatable bonds is 4. The fourth-order valence-corrected chi connectivity index (χ4v) is 4.80. The van der Waals surface area contributed by atoms with E-state index in [1.807, 2.05) is 12.1 Å². The summed E-state index contributed by atoms with van der Waals surface area (Å²) in [4.78, 5) is 2.75. The molecule has 122 valence electrons. The largest absolute Gasteiger partial charge is 0.393 e. The molecule has 0 heterocycles. The van der Waals surface area contributed by atoms with E-state index in [4.69, 9.17) is 0 Å². The number of aliphatic hydroxyl groups excluding tert-OH is 1. The number of sulfone groups is 1. The highest BCUT2D eigenvalue weighted by Gasteiger charge is 2.42. The zero-order valence-electron chi connectivity index (χ0n) is 13.3. The van der Waals surface area contributed by atoms with E-state index >= 15 is 0 Å². The summed E-state index contributed by atoms with van der Waals surface area (Å²) in [5, 5.41) is 9.72. The molecule has 2 fully saturated rings. The average molecular weight is 323 g/mol. The second-order valence-electron chi connectivity index (χ2n) is 7.10. The van der Waals surface area contributed by atoms with Gasteiger partial charge in [-0.3, -0.25) is 4.90 Å². The van der Waals surface area contributed by atoms with E-state index in [1.54, 1.807) is 12.1 Å². The molecule has 1 N–H and O–H groups in total. The van der Waals surface area contributed by atoms with Crippen LogP contribution < -0.4 is 0 Å². The van der Waals surface area contributed by atoms with Crippen LogP contribution in [0.5, 0.6) is 0 Å². The van der Waals surface area contributed by atoms with Crippen LogP contribution in [0.2, 0.25) is 0 Å². The number of hydrogen-bond donors (Lipinski definition) is 1. The van der Waals surface area contributed by atoms with Gasteiger partial charge >= 0.3 is 0 Å². The van der Waals surface area contributed by atoms with Crippen LogP contribution >= 0.6 is 0 Å². The summed E-state index contributed by atoms with van der Waals surface area (Å²) in [6, 6.07) is 7.78. The molecule has 1 aromatic carbocycles. The molecule has 2 aliphatic rings. The molecule has 5 heteroatoms. The lowest BCUT2D eigenvalue weighted by Gasteiger charge is -2.25. The minimum absolute atomic E-state index is 0.0789. The monoisotopic (exact) mass is 323 g/mol. The second kappa shape index (κ2) is 5.95. The summed E-state index contributed by atoms with van der Waals surface area (Å²) in [5.74, 6) is 1.38. The zero-order valence-corrected chi connectivity index (χ0v) is 14.1. The third-order valence-electron chi connectivity index (χ3n) is 5.37. The van der Waals surface area contributed by atoms with Crippen molar-refractivity contribution in [2.45, 2.75) is 49.3 Å². The van der Waals surface area contributed by atoms with Crippen molar-refractivity contribution in [3.05, 3.63) is 29.8 Å². The number of benzene rings is 1. The topological polar surface area (TPSA) is 57.6 Å². The second-order valence-corrected chi connectivity index (χ2v) is 9.12. The van der Waals surface area contributed by atoms with Gasteiger partial charge in [0.25, 0.3) is 0 Å². The van der Waals surface area contributed by atoms with Crippen molar-refractivity contribution in [1.82, 2.24) is 4.90 Å². The SMILES string of the molecule is CN(Cc1ccc(S(C)(=O)=O)cc1)C1C[C@H]2CC(O)C[C@H]2C1. The van der Waals surface area contributed by atoms with E-state index in [9.17, 15) is 13.5 Å². The maximum atomic E-state index is 11.5. The Labute approximate surface area is 133 Å². The van der Waals surface area contributed by atoms with Gasteiger partial charge in [0.1, 0.15) is 0 Å².